The van der Waals surface area contributed by atoms with Gasteiger partial charge in [0, 0.05) is 6.04 Å². The SMILES string of the molecule is Cc1cc(C)c(C(C)NCC2CC2)cc1C. The van der Waals surface area contributed by atoms with E-state index in [2.05, 4.69) is 45.1 Å². The lowest BCUT2D eigenvalue weighted by atomic mass is 9.96. The summed E-state index contributed by atoms with van der Waals surface area (Å²) in [7, 11) is 0. The van der Waals surface area contributed by atoms with Crippen molar-refractivity contribution in [3.05, 3.63) is 34.4 Å². The Morgan fingerprint density at radius 1 is 1.12 bits per heavy atom. The van der Waals surface area contributed by atoms with Crippen LogP contribution in [-0.4, -0.2) is 6.54 Å². The van der Waals surface area contributed by atoms with Crippen molar-refractivity contribution in [3.63, 3.8) is 0 Å². The molecule has 1 unspecified atom stereocenters. The Kier molecular flexibility index (Phi) is 3.34. The van der Waals surface area contributed by atoms with Crippen LogP contribution in [0.15, 0.2) is 12.1 Å². The third kappa shape index (κ3) is 2.65. The number of hydrogen-bond donors (Lipinski definition) is 1. The molecule has 1 aromatic rings. The van der Waals surface area contributed by atoms with Gasteiger partial charge in [-0.3, -0.25) is 0 Å². The molecule has 1 aliphatic rings. The Bertz CT molecular complexity index is 377. The van der Waals surface area contributed by atoms with Crippen molar-refractivity contribution in [2.75, 3.05) is 6.54 Å². The van der Waals surface area contributed by atoms with Gasteiger partial charge in [0.2, 0.25) is 0 Å². The Balaban J connectivity index is 2.08. The summed E-state index contributed by atoms with van der Waals surface area (Å²) in [5.41, 5.74) is 5.68. The maximum absolute atomic E-state index is 3.65. The molecular formula is C15H23N. The van der Waals surface area contributed by atoms with Crippen LogP contribution < -0.4 is 5.32 Å². The first kappa shape index (κ1) is 11.7. The molecule has 0 bridgehead atoms. The standard InChI is InChI=1S/C15H23N/c1-10-7-12(3)15(8-11(10)2)13(4)16-9-14-5-6-14/h7-8,13-14,16H,5-6,9H2,1-4H3. The molecule has 1 fully saturated rings. The van der Waals surface area contributed by atoms with Gasteiger partial charge in [-0.2, -0.15) is 0 Å². The van der Waals surface area contributed by atoms with Crippen molar-refractivity contribution in [1.82, 2.24) is 5.32 Å². The fraction of sp³-hybridized carbons (Fsp3) is 0.600. The van der Waals surface area contributed by atoms with Crippen molar-refractivity contribution in [2.45, 2.75) is 46.6 Å². The molecule has 1 heteroatoms. The molecule has 1 saturated carbocycles. The molecule has 0 amide bonds. The largest absolute Gasteiger partial charge is 0.310 e. The summed E-state index contributed by atoms with van der Waals surface area (Å²) >= 11 is 0. The topological polar surface area (TPSA) is 12.0 Å². The van der Waals surface area contributed by atoms with Crippen molar-refractivity contribution in [3.8, 4) is 0 Å². The predicted molar refractivity (Wildman–Crippen MR) is 69.8 cm³/mol. The minimum Gasteiger partial charge on any atom is -0.310 e. The van der Waals surface area contributed by atoms with Crippen LogP contribution in [0.4, 0.5) is 0 Å². The van der Waals surface area contributed by atoms with E-state index >= 15 is 0 Å². The lowest BCUT2D eigenvalue weighted by Gasteiger charge is -2.18. The van der Waals surface area contributed by atoms with Crippen LogP contribution in [0.1, 0.15) is 48.1 Å². The Morgan fingerprint density at radius 3 is 2.38 bits per heavy atom. The van der Waals surface area contributed by atoms with Gasteiger partial charge in [0.1, 0.15) is 0 Å². The van der Waals surface area contributed by atoms with Crippen LogP contribution in [0.2, 0.25) is 0 Å². The van der Waals surface area contributed by atoms with Crippen LogP contribution in [0.3, 0.4) is 0 Å². The Hall–Kier alpha value is -0.820. The molecule has 0 heterocycles. The minimum atomic E-state index is 0.486. The lowest BCUT2D eigenvalue weighted by Crippen LogP contribution is -2.21. The van der Waals surface area contributed by atoms with Gasteiger partial charge in [0.15, 0.2) is 0 Å². The van der Waals surface area contributed by atoms with E-state index in [1.165, 1.54) is 41.6 Å². The summed E-state index contributed by atoms with van der Waals surface area (Å²) in [4.78, 5) is 0. The molecule has 88 valence electrons. The number of rotatable bonds is 4. The summed E-state index contributed by atoms with van der Waals surface area (Å²) in [6, 6.07) is 5.13. The minimum absolute atomic E-state index is 0.486. The van der Waals surface area contributed by atoms with Gasteiger partial charge >= 0.3 is 0 Å². The highest BCUT2D eigenvalue weighted by molar-refractivity contribution is 5.38. The first-order valence-electron chi connectivity index (χ1n) is 6.39. The van der Waals surface area contributed by atoms with Crippen molar-refractivity contribution in [2.24, 2.45) is 5.92 Å². The number of aryl methyl sites for hydroxylation is 3. The average molecular weight is 217 g/mol. The second kappa shape index (κ2) is 4.58. The smallest absolute Gasteiger partial charge is 0.0294 e. The maximum atomic E-state index is 3.65. The highest BCUT2D eigenvalue weighted by Gasteiger charge is 2.21. The molecule has 0 aliphatic heterocycles. The second-order valence-electron chi connectivity index (χ2n) is 5.37. The molecule has 0 saturated heterocycles. The van der Waals surface area contributed by atoms with Crippen LogP contribution in [0.5, 0.6) is 0 Å². The van der Waals surface area contributed by atoms with Gasteiger partial charge in [-0.1, -0.05) is 12.1 Å². The van der Waals surface area contributed by atoms with Crippen LogP contribution in [0, 0.1) is 26.7 Å². The fourth-order valence-electron chi connectivity index (χ4n) is 2.22. The zero-order chi connectivity index (χ0) is 11.7. The van der Waals surface area contributed by atoms with Crippen molar-refractivity contribution >= 4 is 0 Å². The number of hydrogen-bond acceptors (Lipinski definition) is 1. The third-order valence-corrected chi connectivity index (χ3v) is 3.76. The van der Waals surface area contributed by atoms with Crippen LogP contribution in [-0.2, 0) is 0 Å². The number of nitrogens with one attached hydrogen (secondary N) is 1. The van der Waals surface area contributed by atoms with Gasteiger partial charge in [-0.25, -0.2) is 0 Å². The van der Waals surface area contributed by atoms with E-state index in [1.54, 1.807) is 0 Å². The van der Waals surface area contributed by atoms with E-state index in [9.17, 15) is 0 Å². The van der Waals surface area contributed by atoms with E-state index in [4.69, 9.17) is 0 Å². The second-order valence-corrected chi connectivity index (χ2v) is 5.37. The highest BCUT2D eigenvalue weighted by atomic mass is 14.9. The summed E-state index contributed by atoms with van der Waals surface area (Å²) in [6.07, 6.45) is 2.84. The van der Waals surface area contributed by atoms with Crippen molar-refractivity contribution < 1.29 is 0 Å². The summed E-state index contributed by atoms with van der Waals surface area (Å²) < 4.78 is 0. The zero-order valence-corrected chi connectivity index (χ0v) is 10.9. The molecule has 1 nitrogen and oxygen atoms in total. The zero-order valence-electron chi connectivity index (χ0n) is 10.9. The Labute approximate surface area is 99.3 Å². The quantitative estimate of drug-likeness (QED) is 0.811. The lowest BCUT2D eigenvalue weighted by molar-refractivity contribution is 0.546. The van der Waals surface area contributed by atoms with E-state index in [1.807, 2.05) is 0 Å². The Morgan fingerprint density at radius 2 is 1.75 bits per heavy atom. The van der Waals surface area contributed by atoms with E-state index < -0.39 is 0 Å². The molecule has 1 aliphatic carbocycles. The van der Waals surface area contributed by atoms with Crippen molar-refractivity contribution in [1.29, 1.82) is 0 Å². The first-order chi connectivity index (χ1) is 7.58. The van der Waals surface area contributed by atoms with Crippen LogP contribution >= 0.6 is 0 Å². The average Bonchev–Trinajstić information content (AvgIpc) is 3.03. The van der Waals surface area contributed by atoms with Gasteiger partial charge in [0.25, 0.3) is 0 Å². The molecule has 0 aromatic heterocycles. The number of benzene rings is 1. The van der Waals surface area contributed by atoms with E-state index in [0.29, 0.717) is 6.04 Å². The summed E-state index contributed by atoms with van der Waals surface area (Å²) in [5.74, 6) is 0.953. The summed E-state index contributed by atoms with van der Waals surface area (Å²) in [6.45, 7) is 10.1. The molecule has 0 radical (unpaired) electrons. The maximum Gasteiger partial charge on any atom is 0.0294 e. The first-order valence-corrected chi connectivity index (χ1v) is 6.39. The molecule has 1 atom stereocenters. The monoisotopic (exact) mass is 217 g/mol. The molecular weight excluding hydrogens is 194 g/mol. The van der Waals surface area contributed by atoms with E-state index in [0.717, 1.165) is 5.92 Å². The fourth-order valence-corrected chi connectivity index (χ4v) is 2.22. The van der Waals surface area contributed by atoms with Crippen LogP contribution in [0.25, 0.3) is 0 Å². The van der Waals surface area contributed by atoms with Gasteiger partial charge < -0.3 is 5.32 Å². The highest BCUT2D eigenvalue weighted by Crippen LogP contribution is 2.29. The third-order valence-electron chi connectivity index (χ3n) is 3.76. The molecule has 1 aromatic carbocycles. The van der Waals surface area contributed by atoms with Gasteiger partial charge in [-0.05, 0) is 75.3 Å². The predicted octanol–water partition coefficient (Wildman–Crippen LogP) is 3.67. The molecule has 1 N–H and O–H groups in total. The van der Waals surface area contributed by atoms with E-state index in [-0.39, 0.29) is 0 Å². The molecule has 2 rings (SSSR count). The normalized spacial score (nSPS) is 17.5. The molecule has 16 heavy (non-hydrogen) atoms. The van der Waals surface area contributed by atoms with Gasteiger partial charge in [-0.15, -0.1) is 0 Å². The van der Waals surface area contributed by atoms with Gasteiger partial charge in [0.05, 0.1) is 0 Å². The molecule has 0 spiro atoms. The summed E-state index contributed by atoms with van der Waals surface area (Å²) in [5, 5.41) is 3.65.